The molecule has 0 aliphatic heterocycles. The van der Waals surface area contributed by atoms with Crippen molar-refractivity contribution in [1.29, 1.82) is 0 Å². The van der Waals surface area contributed by atoms with Gasteiger partial charge in [-0.2, -0.15) is 0 Å². The average molecular weight is 394 g/mol. The first-order valence-electron chi connectivity index (χ1n) is 6.29. The highest BCUT2D eigenvalue weighted by Gasteiger charge is 2.14. The number of ketones is 1. The summed E-state index contributed by atoms with van der Waals surface area (Å²) in [5.41, 5.74) is 1.52. The van der Waals surface area contributed by atoms with Gasteiger partial charge in [0.2, 0.25) is 0 Å². The Morgan fingerprint density at radius 2 is 2.16 bits per heavy atom. The minimum Gasteiger partial charge on any atom is -0.492 e. The normalized spacial score (nSPS) is 10.5. The van der Waals surface area contributed by atoms with Gasteiger partial charge < -0.3 is 9.84 Å². The van der Waals surface area contributed by atoms with Crippen molar-refractivity contribution in [3.63, 3.8) is 0 Å². The Morgan fingerprint density at radius 3 is 2.74 bits per heavy atom. The van der Waals surface area contributed by atoms with Crippen molar-refractivity contribution in [2.75, 3.05) is 18.5 Å². The SMILES string of the molecule is CCCc1cc(C(=O)CO)cc(Br)c1OCCCBr. The zero-order valence-corrected chi connectivity index (χ0v) is 14.1. The second kappa shape index (κ2) is 8.72. The maximum absolute atomic E-state index is 11.6. The molecule has 0 aromatic heterocycles. The third-order valence-corrected chi connectivity index (χ3v) is 3.78. The van der Waals surface area contributed by atoms with Gasteiger partial charge in [-0.1, -0.05) is 29.3 Å². The van der Waals surface area contributed by atoms with Crippen LogP contribution in [0.5, 0.6) is 5.75 Å². The van der Waals surface area contributed by atoms with Crippen LogP contribution in [0.25, 0.3) is 0 Å². The van der Waals surface area contributed by atoms with Crippen LogP contribution in [0.1, 0.15) is 35.7 Å². The molecule has 0 spiro atoms. The first-order chi connectivity index (χ1) is 9.13. The van der Waals surface area contributed by atoms with E-state index in [2.05, 4.69) is 38.8 Å². The first kappa shape index (κ1) is 16.7. The molecule has 0 aliphatic carbocycles. The lowest BCUT2D eigenvalue weighted by molar-refractivity contribution is 0.0903. The van der Waals surface area contributed by atoms with Crippen LogP contribution in [-0.2, 0) is 6.42 Å². The largest absolute Gasteiger partial charge is 0.492 e. The fraction of sp³-hybridized carbons (Fsp3) is 0.500. The number of aliphatic hydroxyl groups is 1. The third kappa shape index (κ3) is 4.89. The number of Topliss-reactive ketones (excluding diaryl/α,β-unsaturated/α-hetero) is 1. The molecule has 0 amide bonds. The number of carbonyl (C=O) groups is 1. The van der Waals surface area contributed by atoms with E-state index in [9.17, 15) is 4.79 Å². The monoisotopic (exact) mass is 392 g/mol. The molecule has 19 heavy (non-hydrogen) atoms. The molecule has 0 unspecified atom stereocenters. The summed E-state index contributed by atoms with van der Waals surface area (Å²) in [6.07, 6.45) is 2.74. The Balaban J connectivity index is 3.04. The summed E-state index contributed by atoms with van der Waals surface area (Å²) < 4.78 is 6.55. The number of aryl methyl sites for hydroxylation is 1. The summed E-state index contributed by atoms with van der Waals surface area (Å²) in [5, 5.41) is 9.84. The van der Waals surface area contributed by atoms with Gasteiger partial charge in [-0.25, -0.2) is 0 Å². The van der Waals surface area contributed by atoms with Gasteiger partial charge in [0.1, 0.15) is 12.4 Å². The van der Waals surface area contributed by atoms with Crippen molar-refractivity contribution in [1.82, 2.24) is 0 Å². The second-order valence-electron chi connectivity index (χ2n) is 4.17. The summed E-state index contributed by atoms with van der Waals surface area (Å²) in [4.78, 5) is 11.6. The lowest BCUT2D eigenvalue weighted by Crippen LogP contribution is -2.07. The van der Waals surface area contributed by atoms with E-state index in [0.29, 0.717) is 12.2 Å². The van der Waals surface area contributed by atoms with Crippen LogP contribution in [0.2, 0.25) is 0 Å². The number of benzene rings is 1. The van der Waals surface area contributed by atoms with E-state index >= 15 is 0 Å². The summed E-state index contributed by atoms with van der Waals surface area (Å²) in [6, 6.07) is 3.53. The van der Waals surface area contributed by atoms with E-state index < -0.39 is 6.61 Å². The molecule has 1 aromatic rings. The molecule has 0 bridgehead atoms. The average Bonchev–Trinajstić information content (AvgIpc) is 2.40. The Morgan fingerprint density at radius 1 is 1.42 bits per heavy atom. The van der Waals surface area contributed by atoms with Crippen LogP contribution < -0.4 is 4.74 Å². The van der Waals surface area contributed by atoms with Crippen LogP contribution in [0.3, 0.4) is 0 Å². The third-order valence-electron chi connectivity index (χ3n) is 2.63. The van der Waals surface area contributed by atoms with Gasteiger partial charge in [0, 0.05) is 10.9 Å². The quantitative estimate of drug-likeness (QED) is 0.415. The van der Waals surface area contributed by atoms with Crippen molar-refractivity contribution >= 4 is 37.6 Å². The minimum absolute atomic E-state index is 0.273. The van der Waals surface area contributed by atoms with Crippen molar-refractivity contribution in [3.05, 3.63) is 27.7 Å². The fourth-order valence-electron chi connectivity index (χ4n) is 1.75. The van der Waals surface area contributed by atoms with Crippen LogP contribution in [-0.4, -0.2) is 29.4 Å². The summed E-state index contributed by atoms with van der Waals surface area (Å²) in [6.45, 7) is 2.24. The van der Waals surface area contributed by atoms with Gasteiger partial charge in [0.15, 0.2) is 5.78 Å². The topological polar surface area (TPSA) is 46.5 Å². The molecule has 0 aliphatic rings. The molecule has 5 heteroatoms. The van der Waals surface area contributed by atoms with E-state index in [4.69, 9.17) is 9.84 Å². The smallest absolute Gasteiger partial charge is 0.188 e. The Hall–Kier alpha value is -0.390. The first-order valence-corrected chi connectivity index (χ1v) is 8.20. The molecule has 3 nitrogen and oxygen atoms in total. The number of hydrogen-bond acceptors (Lipinski definition) is 3. The Kier molecular flexibility index (Phi) is 7.64. The minimum atomic E-state index is -0.470. The molecule has 0 saturated heterocycles. The number of hydrogen-bond donors (Lipinski definition) is 1. The standard InChI is InChI=1S/C14H18Br2O3/c1-2-4-10-7-11(13(18)9-17)8-12(16)14(10)19-6-3-5-15/h7-8,17H,2-6,9H2,1H3. The molecule has 1 N–H and O–H groups in total. The van der Waals surface area contributed by atoms with Crippen LogP contribution in [0, 0.1) is 0 Å². The maximum Gasteiger partial charge on any atom is 0.188 e. The fourth-order valence-corrected chi connectivity index (χ4v) is 2.59. The number of aliphatic hydroxyl groups excluding tert-OH is 1. The molecule has 0 heterocycles. The Bertz CT molecular complexity index is 433. The molecule has 1 aromatic carbocycles. The van der Waals surface area contributed by atoms with E-state index in [-0.39, 0.29) is 5.78 Å². The highest BCUT2D eigenvalue weighted by atomic mass is 79.9. The van der Waals surface area contributed by atoms with Crippen LogP contribution in [0.15, 0.2) is 16.6 Å². The zero-order valence-electron chi connectivity index (χ0n) is 10.9. The van der Waals surface area contributed by atoms with Crippen molar-refractivity contribution in [2.45, 2.75) is 26.2 Å². The van der Waals surface area contributed by atoms with Gasteiger partial charge in [0.25, 0.3) is 0 Å². The van der Waals surface area contributed by atoms with Crippen molar-refractivity contribution in [3.8, 4) is 5.75 Å². The molecular weight excluding hydrogens is 376 g/mol. The number of carbonyl (C=O) groups excluding carboxylic acids is 1. The highest BCUT2D eigenvalue weighted by molar-refractivity contribution is 9.10. The van der Waals surface area contributed by atoms with E-state index in [0.717, 1.165) is 40.4 Å². The molecule has 0 saturated carbocycles. The number of ether oxygens (including phenoxy) is 1. The lowest BCUT2D eigenvalue weighted by Gasteiger charge is -2.14. The van der Waals surface area contributed by atoms with Gasteiger partial charge in [-0.3, -0.25) is 4.79 Å². The van der Waals surface area contributed by atoms with E-state index in [1.54, 1.807) is 6.07 Å². The van der Waals surface area contributed by atoms with Gasteiger partial charge >= 0.3 is 0 Å². The lowest BCUT2D eigenvalue weighted by atomic mass is 10.0. The van der Waals surface area contributed by atoms with Gasteiger partial charge in [-0.05, 0) is 46.5 Å². The number of rotatable bonds is 8. The van der Waals surface area contributed by atoms with Crippen LogP contribution in [0.4, 0.5) is 0 Å². The molecule has 0 radical (unpaired) electrons. The maximum atomic E-state index is 11.6. The van der Waals surface area contributed by atoms with Crippen LogP contribution >= 0.6 is 31.9 Å². The molecule has 0 atom stereocenters. The zero-order chi connectivity index (χ0) is 14.3. The van der Waals surface area contributed by atoms with Gasteiger partial charge in [0.05, 0.1) is 11.1 Å². The highest BCUT2D eigenvalue weighted by Crippen LogP contribution is 2.32. The summed E-state index contributed by atoms with van der Waals surface area (Å²) >= 11 is 6.81. The predicted molar refractivity (Wildman–Crippen MR) is 83.5 cm³/mol. The number of alkyl halides is 1. The summed E-state index contributed by atoms with van der Waals surface area (Å²) in [5.74, 6) is 0.530. The molecule has 1 rings (SSSR count). The number of halogens is 2. The Labute approximate surface area is 130 Å². The molecule has 106 valence electrons. The summed E-state index contributed by atoms with van der Waals surface area (Å²) in [7, 11) is 0. The predicted octanol–water partition coefficient (Wildman–Crippen LogP) is 3.74. The second-order valence-corrected chi connectivity index (χ2v) is 5.82. The van der Waals surface area contributed by atoms with E-state index in [1.807, 2.05) is 6.07 Å². The van der Waals surface area contributed by atoms with Crippen molar-refractivity contribution < 1.29 is 14.6 Å². The van der Waals surface area contributed by atoms with E-state index in [1.165, 1.54) is 0 Å². The van der Waals surface area contributed by atoms with Crippen molar-refractivity contribution in [2.24, 2.45) is 0 Å². The van der Waals surface area contributed by atoms with Gasteiger partial charge in [-0.15, -0.1) is 0 Å². The molecule has 0 fully saturated rings. The molecular formula is C14H18Br2O3.